The van der Waals surface area contributed by atoms with E-state index in [-0.39, 0.29) is 5.91 Å². The van der Waals surface area contributed by atoms with Crippen molar-refractivity contribution in [2.24, 2.45) is 0 Å². The molecule has 7 heteroatoms. The van der Waals surface area contributed by atoms with Crippen LogP contribution in [0.5, 0.6) is 5.75 Å². The van der Waals surface area contributed by atoms with E-state index in [2.05, 4.69) is 17.1 Å². The number of hydrogen-bond acceptors (Lipinski definition) is 5. The van der Waals surface area contributed by atoms with Crippen LogP contribution in [0.15, 0.2) is 30.0 Å². The van der Waals surface area contributed by atoms with Gasteiger partial charge in [0.05, 0.1) is 13.2 Å². The Bertz CT molecular complexity index is 684. The molecule has 1 N–H and O–H groups in total. The molecule has 0 aliphatic carbocycles. The standard InChI is InChI=1S/C20H27N3O3S/c1-2-3-8-23-19(24)18(21-20(23)27)15-16-4-6-17(7-5-16)26-14-11-22-9-12-25-13-10-22/h4-7,15H,2-3,8-14H2,1H3,(H,21,27)/b18-15+. The maximum Gasteiger partial charge on any atom is 0.276 e. The van der Waals surface area contributed by atoms with Crippen molar-refractivity contribution in [1.29, 1.82) is 0 Å². The van der Waals surface area contributed by atoms with E-state index in [1.54, 1.807) is 4.90 Å². The average Bonchev–Trinajstić information content (AvgIpc) is 2.95. The number of unbranched alkanes of at least 4 members (excludes halogenated alkanes) is 1. The Balaban J connectivity index is 1.51. The van der Waals surface area contributed by atoms with E-state index in [9.17, 15) is 4.79 Å². The van der Waals surface area contributed by atoms with E-state index in [0.717, 1.165) is 57.0 Å². The molecule has 1 aromatic carbocycles. The summed E-state index contributed by atoms with van der Waals surface area (Å²) in [6.45, 7) is 7.85. The summed E-state index contributed by atoms with van der Waals surface area (Å²) in [6, 6.07) is 7.75. The summed E-state index contributed by atoms with van der Waals surface area (Å²) < 4.78 is 11.2. The zero-order valence-electron chi connectivity index (χ0n) is 15.8. The number of hydrogen-bond donors (Lipinski definition) is 1. The van der Waals surface area contributed by atoms with Crippen molar-refractivity contribution in [1.82, 2.24) is 15.1 Å². The lowest BCUT2D eigenvalue weighted by Crippen LogP contribution is -2.38. The number of rotatable bonds is 8. The first-order valence-electron chi connectivity index (χ1n) is 9.55. The van der Waals surface area contributed by atoms with Crippen molar-refractivity contribution in [3.8, 4) is 5.75 Å². The Morgan fingerprint density at radius 3 is 2.67 bits per heavy atom. The predicted molar refractivity (Wildman–Crippen MR) is 110 cm³/mol. The molecular formula is C20H27N3O3S. The zero-order chi connectivity index (χ0) is 19.1. The molecule has 1 aromatic rings. The van der Waals surface area contributed by atoms with Gasteiger partial charge in [0, 0.05) is 26.2 Å². The number of nitrogens with zero attached hydrogens (tertiary/aromatic N) is 2. The molecule has 0 bridgehead atoms. The monoisotopic (exact) mass is 389 g/mol. The molecule has 3 rings (SSSR count). The molecule has 2 aliphatic heterocycles. The second kappa shape index (κ2) is 9.82. The third-order valence-corrected chi connectivity index (χ3v) is 4.99. The highest BCUT2D eigenvalue weighted by atomic mass is 32.1. The number of morpholine rings is 1. The van der Waals surface area contributed by atoms with Gasteiger partial charge in [-0.05, 0) is 42.4 Å². The number of thiocarbonyl (C=S) groups is 1. The average molecular weight is 390 g/mol. The Hall–Kier alpha value is -1.96. The zero-order valence-corrected chi connectivity index (χ0v) is 16.6. The van der Waals surface area contributed by atoms with Crippen LogP contribution < -0.4 is 10.1 Å². The summed E-state index contributed by atoms with van der Waals surface area (Å²) >= 11 is 5.27. The second-order valence-electron chi connectivity index (χ2n) is 6.67. The van der Waals surface area contributed by atoms with Crippen molar-refractivity contribution < 1.29 is 14.3 Å². The molecule has 2 aliphatic rings. The van der Waals surface area contributed by atoms with Gasteiger partial charge < -0.3 is 14.8 Å². The quantitative estimate of drug-likeness (QED) is 0.544. The number of carbonyl (C=O) groups is 1. The number of amides is 1. The third kappa shape index (κ3) is 5.51. The number of benzene rings is 1. The molecule has 0 saturated carbocycles. The van der Waals surface area contributed by atoms with Gasteiger partial charge in [0.1, 0.15) is 18.1 Å². The number of carbonyl (C=O) groups excluding carboxylic acids is 1. The fourth-order valence-electron chi connectivity index (χ4n) is 3.04. The summed E-state index contributed by atoms with van der Waals surface area (Å²) in [6.07, 6.45) is 3.80. The molecule has 0 spiro atoms. The minimum absolute atomic E-state index is 0.0562. The van der Waals surface area contributed by atoms with Gasteiger partial charge in [-0.15, -0.1) is 0 Å². The molecule has 2 saturated heterocycles. The summed E-state index contributed by atoms with van der Waals surface area (Å²) in [5, 5.41) is 3.51. The summed E-state index contributed by atoms with van der Waals surface area (Å²) in [5.74, 6) is 0.774. The van der Waals surface area contributed by atoms with Crippen LogP contribution in [0.4, 0.5) is 0 Å². The highest BCUT2D eigenvalue weighted by molar-refractivity contribution is 7.80. The van der Waals surface area contributed by atoms with Crippen LogP contribution in [0.2, 0.25) is 0 Å². The lowest BCUT2D eigenvalue weighted by molar-refractivity contribution is -0.122. The Morgan fingerprint density at radius 2 is 1.96 bits per heavy atom. The molecule has 0 radical (unpaired) electrons. The molecule has 2 heterocycles. The predicted octanol–water partition coefficient (Wildman–Crippen LogP) is 2.26. The minimum Gasteiger partial charge on any atom is -0.492 e. The van der Waals surface area contributed by atoms with Crippen molar-refractivity contribution in [3.05, 3.63) is 35.5 Å². The van der Waals surface area contributed by atoms with Gasteiger partial charge in [0.25, 0.3) is 5.91 Å². The molecule has 0 atom stereocenters. The SMILES string of the molecule is CCCCN1C(=O)/C(=C\c2ccc(OCCN3CCOCC3)cc2)NC1=S. The van der Waals surface area contributed by atoms with Crippen LogP contribution in [0.3, 0.4) is 0 Å². The smallest absolute Gasteiger partial charge is 0.276 e. The van der Waals surface area contributed by atoms with Crippen LogP contribution >= 0.6 is 12.2 Å². The van der Waals surface area contributed by atoms with Gasteiger partial charge in [-0.3, -0.25) is 14.6 Å². The topological polar surface area (TPSA) is 54.0 Å². The summed E-state index contributed by atoms with van der Waals surface area (Å²) in [7, 11) is 0. The first kappa shape index (κ1) is 19.8. The molecule has 0 unspecified atom stereocenters. The van der Waals surface area contributed by atoms with Gasteiger partial charge in [-0.25, -0.2) is 0 Å². The van der Waals surface area contributed by atoms with Gasteiger partial charge in [0.2, 0.25) is 0 Å². The molecule has 146 valence electrons. The van der Waals surface area contributed by atoms with Crippen LogP contribution in [-0.4, -0.2) is 66.8 Å². The van der Waals surface area contributed by atoms with E-state index in [1.165, 1.54) is 0 Å². The Labute approximate surface area is 166 Å². The lowest BCUT2D eigenvalue weighted by atomic mass is 10.2. The van der Waals surface area contributed by atoms with Crippen LogP contribution in [0.25, 0.3) is 6.08 Å². The number of nitrogens with one attached hydrogen (secondary N) is 1. The summed E-state index contributed by atoms with van der Waals surface area (Å²) in [4.78, 5) is 16.4. The van der Waals surface area contributed by atoms with Crippen LogP contribution in [0.1, 0.15) is 25.3 Å². The van der Waals surface area contributed by atoms with Crippen molar-refractivity contribution in [3.63, 3.8) is 0 Å². The molecule has 6 nitrogen and oxygen atoms in total. The highest BCUT2D eigenvalue weighted by Gasteiger charge is 2.29. The maximum absolute atomic E-state index is 12.5. The van der Waals surface area contributed by atoms with Crippen molar-refractivity contribution >= 4 is 29.3 Å². The van der Waals surface area contributed by atoms with E-state index >= 15 is 0 Å². The van der Waals surface area contributed by atoms with Gasteiger partial charge in [-0.1, -0.05) is 25.5 Å². The van der Waals surface area contributed by atoms with Crippen molar-refractivity contribution in [2.45, 2.75) is 19.8 Å². The number of ether oxygens (including phenoxy) is 2. The van der Waals surface area contributed by atoms with Gasteiger partial charge in [-0.2, -0.15) is 0 Å². The third-order valence-electron chi connectivity index (χ3n) is 4.67. The fourth-order valence-corrected chi connectivity index (χ4v) is 3.32. The fraction of sp³-hybridized carbons (Fsp3) is 0.500. The molecule has 0 aromatic heterocycles. The molecule has 1 amide bonds. The van der Waals surface area contributed by atoms with Gasteiger partial charge >= 0.3 is 0 Å². The van der Waals surface area contributed by atoms with Crippen molar-refractivity contribution in [2.75, 3.05) is 46.0 Å². The normalized spacial score (nSPS) is 19.6. The first-order valence-corrected chi connectivity index (χ1v) is 9.95. The Kier molecular flexibility index (Phi) is 7.20. The first-order chi connectivity index (χ1) is 13.2. The second-order valence-corrected chi connectivity index (χ2v) is 7.06. The lowest BCUT2D eigenvalue weighted by Gasteiger charge is -2.26. The van der Waals surface area contributed by atoms with E-state index in [4.69, 9.17) is 21.7 Å². The Morgan fingerprint density at radius 1 is 1.22 bits per heavy atom. The molecule has 2 fully saturated rings. The molecular weight excluding hydrogens is 362 g/mol. The van der Waals surface area contributed by atoms with E-state index in [1.807, 2.05) is 30.3 Å². The maximum atomic E-state index is 12.5. The van der Waals surface area contributed by atoms with E-state index in [0.29, 0.717) is 24.0 Å². The minimum atomic E-state index is -0.0562. The molecule has 27 heavy (non-hydrogen) atoms. The highest BCUT2D eigenvalue weighted by Crippen LogP contribution is 2.18. The van der Waals surface area contributed by atoms with E-state index < -0.39 is 0 Å². The summed E-state index contributed by atoms with van der Waals surface area (Å²) in [5.41, 5.74) is 1.46. The van der Waals surface area contributed by atoms with Crippen LogP contribution in [-0.2, 0) is 9.53 Å². The van der Waals surface area contributed by atoms with Gasteiger partial charge in [0.15, 0.2) is 5.11 Å². The largest absolute Gasteiger partial charge is 0.492 e. The van der Waals surface area contributed by atoms with Crippen LogP contribution in [0, 0.1) is 0 Å².